The number of hydrogen-bond donors (Lipinski definition) is 0. The van der Waals surface area contributed by atoms with Crippen molar-refractivity contribution in [3.05, 3.63) is 66.8 Å². The average Bonchev–Trinajstić information content (AvgIpc) is 2.59. The summed E-state index contributed by atoms with van der Waals surface area (Å²) < 4.78 is 5.05. The fourth-order valence-corrected chi connectivity index (χ4v) is 1.85. The first-order chi connectivity index (χ1) is 10.7. The minimum Gasteiger partial charge on any atom is -0.382 e. The Hall–Kier alpha value is -2.17. The number of benzene rings is 2. The van der Waals surface area contributed by atoms with Gasteiger partial charge in [-0.25, -0.2) is 4.79 Å². The molecule has 0 saturated carbocycles. The van der Waals surface area contributed by atoms with E-state index in [9.17, 15) is 4.79 Å². The third-order valence-corrected chi connectivity index (χ3v) is 3.23. The van der Waals surface area contributed by atoms with E-state index >= 15 is 0 Å². The Labute approximate surface area is 130 Å². The summed E-state index contributed by atoms with van der Waals surface area (Å²) in [5.74, 6) is -0.529. The Bertz CT molecular complexity index is 595. The van der Waals surface area contributed by atoms with Crippen molar-refractivity contribution in [1.29, 1.82) is 0 Å². The summed E-state index contributed by atoms with van der Waals surface area (Å²) in [4.78, 5) is 21.5. The fraction of sp³-hybridized carbons (Fsp3) is 0.222. The topological polar surface area (TPSA) is 44.8 Å². The normalized spacial score (nSPS) is 11.9. The van der Waals surface area contributed by atoms with E-state index in [1.165, 1.54) is 6.61 Å². The largest absolute Gasteiger partial charge is 0.382 e. The van der Waals surface area contributed by atoms with Gasteiger partial charge in [-0.1, -0.05) is 42.5 Å². The number of carbonyl (C=O) groups is 1. The highest BCUT2D eigenvalue weighted by Crippen LogP contribution is 2.20. The van der Waals surface area contributed by atoms with Gasteiger partial charge in [0.1, 0.15) is 6.61 Å². The summed E-state index contributed by atoms with van der Waals surface area (Å²) >= 11 is 0. The van der Waals surface area contributed by atoms with E-state index in [4.69, 9.17) is 14.5 Å². The van der Waals surface area contributed by atoms with E-state index in [0.717, 1.165) is 11.1 Å². The molecule has 22 heavy (non-hydrogen) atoms. The van der Waals surface area contributed by atoms with Crippen LogP contribution in [-0.2, 0) is 14.5 Å². The Morgan fingerprint density at radius 2 is 1.82 bits per heavy atom. The first-order valence-corrected chi connectivity index (χ1v) is 7.08. The molecular weight excluding hydrogens is 280 g/mol. The molecule has 115 valence electrons. The van der Waals surface area contributed by atoms with Crippen LogP contribution in [0.5, 0.6) is 0 Å². The molecule has 0 spiro atoms. The predicted octanol–water partition coefficient (Wildman–Crippen LogP) is 4.03. The highest BCUT2D eigenvalue weighted by Gasteiger charge is 2.10. The Morgan fingerprint density at radius 1 is 1.09 bits per heavy atom. The SMILES string of the molecule is COC(C)C[CH]OOC(=O)c1cccc(-c2ccccc2)c1. The van der Waals surface area contributed by atoms with Gasteiger partial charge in [0.2, 0.25) is 0 Å². The number of carbonyl (C=O) groups excluding carboxylic acids is 1. The van der Waals surface area contributed by atoms with Crippen molar-refractivity contribution in [3.8, 4) is 11.1 Å². The molecule has 1 atom stereocenters. The second-order valence-electron chi connectivity index (χ2n) is 4.86. The van der Waals surface area contributed by atoms with Gasteiger partial charge in [0.25, 0.3) is 0 Å². The zero-order chi connectivity index (χ0) is 15.8. The Morgan fingerprint density at radius 3 is 2.55 bits per heavy atom. The third kappa shape index (κ3) is 4.69. The molecule has 4 nitrogen and oxygen atoms in total. The van der Waals surface area contributed by atoms with Crippen molar-refractivity contribution in [2.24, 2.45) is 0 Å². The Balaban J connectivity index is 1.93. The lowest BCUT2D eigenvalue weighted by molar-refractivity contribution is -0.215. The van der Waals surface area contributed by atoms with E-state index in [0.29, 0.717) is 12.0 Å². The van der Waals surface area contributed by atoms with Crippen LogP contribution in [0.3, 0.4) is 0 Å². The van der Waals surface area contributed by atoms with E-state index < -0.39 is 5.97 Å². The molecule has 2 aromatic carbocycles. The number of methoxy groups -OCH3 is 1. The molecule has 2 aromatic rings. The van der Waals surface area contributed by atoms with Crippen LogP contribution in [0.2, 0.25) is 0 Å². The molecule has 2 rings (SSSR count). The molecule has 0 amide bonds. The molecule has 0 heterocycles. The molecule has 0 aromatic heterocycles. The smallest absolute Gasteiger partial charge is 0.373 e. The third-order valence-electron chi connectivity index (χ3n) is 3.23. The maximum absolute atomic E-state index is 11.9. The predicted molar refractivity (Wildman–Crippen MR) is 83.8 cm³/mol. The van der Waals surface area contributed by atoms with Gasteiger partial charge in [-0.2, -0.15) is 4.89 Å². The van der Waals surface area contributed by atoms with Gasteiger partial charge in [0.05, 0.1) is 11.7 Å². The molecule has 0 saturated heterocycles. The van der Waals surface area contributed by atoms with Crippen LogP contribution in [0.1, 0.15) is 23.7 Å². The zero-order valence-electron chi connectivity index (χ0n) is 12.7. The van der Waals surface area contributed by atoms with E-state index in [1.807, 2.05) is 49.4 Å². The maximum atomic E-state index is 11.9. The molecule has 0 aliphatic heterocycles. The van der Waals surface area contributed by atoms with Crippen LogP contribution < -0.4 is 0 Å². The second-order valence-corrected chi connectivity index (χ2v) is 4.86. The summed E-state index contributed by atoms with van der Waals surface area (Å²) in [5, 5.41) is 0. The van der Waals surface area contributed by atoms with Gasteiger partial charge < -0.3 is 4.74 Å². The highest BCUT2D eigenvalue weighted by atomic mass is 17.2. The minimum atomic E-state index is -0.529. The molecule has 0 bridgehead atoms. The summed E-state index contributed by atoms with van der Waals surface area (Å²) in [7, 11) is 1.61. The maximum Gasteiger partial charge on any atom is 0.373 e. The van der Waals surface area contributed by atoms with Crippen LogP contribution in [0, 0.1) is 6.61 Å². The van der Waals surface area contributed by atoms with Crippen molar-refractivity contribution in [2.75, 3.05) is 7.11 Å². The first kappa shape index (κ1) is 16.2. The lowest BCUT2D eigenvalue weighted by Gasteiger charge is -2.08. The van der Waals surface area contributed by atoms with Gasteiger partial charge in [0.15, 0.2) is 0 Å². The van der Waals surface area contributed by atoms with Crippen molar-refractivity contribution in [3.63, 3.8) is 0 Å². The number of rotatable bonds is 7. The first-order valence-electron chi connectivity index (χ1n) is 7.08. The Kier molecular flexibility index (Phi) is 6.13. The van der Waals surface area contributed by atoms with Gasteiger partial charge in [-0.15, -0.1) is 0 Å². The quantitative estimate of drug-likeness (QED) is 0.440. The van der Waals surface area contributed by atoms with Crippen molar-refractivity contribution in [2.45, 2.75) is 19.4 Å². The zero-order valence-corrected chi connectivity index (χ0v) is 12.7. The molecule has 1 radical (unpaired) electrons. The van der Waals surface area contributed by atoms with Crippen LogP contribution in [0.25, 0.3) is 11.1 Å². The minimum absolute atomic E-state index is 0.0140. The second kappa shape index (κ2) is 8.32. The summed E-state index contributed by atoms with van der Waals surface area (Å²) in [6, 6.07) is 17.1. The lowest BCUT2D eigenvalue weighted by Crippen LogP contribution is -2.09. The number of hydrogen-bond acceptors (Lipinski definition) is 4. The van der Waals surface area contributed by atoms with E-state index in [2.05, 4.69) is 0 Å². The van der Waals surface area contributed by atoms with E-state index in [-0.39, 0.29) is 6.10 Å². The molecule has 4 heteroatoms. The fourth-order valence-electron chi connectivity index (χ4n) is 1.85. The van der Waals surface area contributed by atoms with Crippen molar-refractivity contribution < 1.29 is 19.3 Å². The number of ether oxygens (including phenoxy) is 1. The van der Waals surface area contributed by atoms with Gasteiger partial charge >= 0.3 is 5.97 Å². The standard InChI is InChI=1S/C18H19O4/c1-14(20-2)11-12-21-22-18(19)17-10-6-9-16(13-17)15-7-4-3-5-8-15/h3-10,12-14H,11H2,1-2H3. The lowest BCUT2D eigenvalue weighted by atomic mass is 10.0. The molecular formula is C18H19O4. The van der Waals surface area contributed by atoms with Crippen LogP contribution in [-0.4, -0.2) is 19.2 Å². The van der Waals surface area contributed by atoms with Crippen LogP contribution >= 0.6 is 0 Å². The molecule has 0 fully saturated rings. The average molecular weight is 299 g/mol. The molecule has 0 N–H and O–H groups in total. The van der Waals surface area contributed by atoms with Crippen molar-refractivity contribution in [1.82, 2.24) is 0 Å². The monoisotopic (exact) mass is 299 g/mol. The van der Waals surface area contributed by atoms with Crippen molar-refractivity contribution >= 4 is 5.97 Å². The molecule has 0 aliphatic rings. The molecule has 1 unspecified atom stereocenters. The van der Waals surface area contributed by atoms with Gasteiger partial charge in [-0.3, -0.25) is 4.89 Å². The molecule has 0 aliphatic carbocycles. The summed E-state index contributed by atoms with van der Waals surface area (Å²) in [6.45, 7) is 3.30. The highest BCUT2D eigenvalue weighted by molar-refractivity contribution is 5.90. The van der Waals surface area contributed by atoms with Gasteiger partial charge in [-0.05, 0) is 30.2 Å². The van der Waals surface area contributed by atoms with Gasteiger partial charge in [0, 0.05) is 13.5 Å². The van der Waals surface area contributed by atoms with Crippen LogP contribution in [0.15, 0.2) is 54.6 Å². The summed E-state index contributed by atoms with van der Waals surface area (Å²) in [5.41, 5.74) is 2.43. The summed E-state index contributed by atoms with van der Waals surface area (Å²) in [6.07, 6.45) is 0.550. The van der Waals surface area contributed by atoms with E-state index in [1.54, 1.807) is 19.2 Å². The van der Waals surface area contributed by atoms with Crippen LogP contribution in [0.4, 0.5) is 0 Å².